The van der Waals surface area contributed by atoms with Crippen molar-refractivity contribution < 1.29 is 30.6 Å². The third-order valence-electron chi connectivity index (χ3n) is 3.70. The highest BCUT2D eigenvalue weighted by Crippen LogP contribution is 2.33. The number of fused-ring (bicyclic) bond motifs is 1. The molecule has 2 aromatic heterocycles. The van der Waals surface area contributed by atoms with Gasteiger partial charge in [0, 0.05) is 18.8 Å². The van der Waals surface area contributed by atoms with Crippen molar-refractivity contribution in [1.29, 1.82) is 0 Å². The third kappa shape index (κ3) is 3.97. The lowest BCUT2D eigenvalue weighted by Crippen LogP contribution is -2.19. The lowest BCUT2D eigenvalue weighted by Gasteiger charge is -2.11. The molecule has 0 radical (unpaired) electrons. The normalized spacial score (nSPS) is 13.9. The second-order valence-electron chi connectivity index (χ2n) is 5.66. The van der Waals surface area contributed by atoms with Crippen molar-refractivity contribution >= 4 is 22.0 Å². The largest absolute Gasteiger partial charge is 0.417 e. The Hall–Kier alpha value is -2.43. The zero-order chi connectivity index (χ0) is 20.0. The monoisotopic (exact) mass is 407 g/mol. The van der Waals surface area contributed by atoms with Gasteiger partial charge in [0.25, 0.3) is 0 Å². The van der Waals surface area contributed by atoms with Crippen LogP contribution in [0.4, 0.5) is 26.3 Å². The van der Waals surface area contributed by atoms with Crippen LogP contribution in [-0.4, -0.2) is 30.7 Å². The molecule has 0 bridgehead atoms. The number of imidazole rings is 1. The number of aryl methyl sites for hydroxylation is 1. The number of hydrogen-bond acceptors (Lipinski definition) is 3. The molecule has 0 aliphatic heterocycles. The van der Waals surface area contributed by atoms with Crippen LogP contribution < -0.4 is 0 Å². The molecule has 0 fully saturated rings. The van der Waals surface area contributed by atoms with E-state index in [1.807, 2.05) is 0 Å². The second-order valence-corrected chi connectivity index (χ2v) is 7.08. The Morgan fingerprint density at radius 1 is 1.11 bits per heavy atom. The van der Waals surface area contributed by atoms with Gasteiger partial charge in [0.15, 0.2) is 5.65 Å². The molecular formula is C16H11F6N3OS. The molecule has 11 heteroatoms. The molecule has 2 heterocycles. The highest BCUT2D eigenvalue weighted by atomic mass is 32.2. The fraction of sp³-hybridized carbons (Fsp3) is 0.250. The third-order valence-corrected chi connectivity index (χ3v) is 5.14. The molecular weight excluding hydrogens is 396 g/mol. The maximum Gasteiger partial charge on any atom is 0.417 e. The van der Waals surface area contributed by atoms with Gasteiger partial charge in [-0.05, 0) is 12.1 Å². The first-order valence-corrected chi connectivity index (χ1v) is 8.73. The van der Waals surface area contributed by atoms with E-state index >= 15 is 0 Å². The predicted octanol–water partition coefficient (Wildman–Crippen LogP) is 4.32. The number of aromatic nitrogens is 3. The quantitative estimate of drug-likeness (QED) is 0.608. The van der Waals surface area contributed by atoms with Crippen LogP contribution in [-0.2, 0) is 24.0 Å². The predicted molar refractivity (Wildman–Crippen MR) is 86.3 cm³/mol. The zero-order valence-electron chi connectivity index (χ0n) is 13.6. The second kappa shape index (κ2) is 6.63. The molecule has 0 spiro atoms. The average Bonchev–Trinajstić information content (AvgIpc) is 2.89. The van der Waals surface area contributed by atoms with Crippen molar-refractivity contribution in [2.45, 2.75) is 17.2 Å². The Morgan fingerprint density at radius 3 is 2.41 bits per heavy atom. The summed E-state index contributed by atoms with van der Waals surface area (Å²) in [6, 6.07) is 6.43. The number of halogens is 6. The Balaban J connectivity index is 2.13. The maximum absolute atomic E-state index is 12.9. The Kier molecular flexibility index (Phi) is 4.74. The first-order valence-electron chi connectivity index (χ1n) is 7.41. The van der Waals surface area contributed by atoms with Gasteiger partial charge >= 0.3 is 12.4 Å². The number of alkyl halides is 6. The van der Waals surface area contributed by atoms with Crippen LogP contribution >= 0.6 is 0 Å². The Bertz CT molecular complexity index is 1030. The van der Waals surface area contributed by atoms with E-state index in [4.69, 9.17) is 0 Å². The van der Waals surface area contributed by atoms with Gasteiger partial charge in [0.05, 0.1) is 21.3 Å². The van der Waals surface area contributed by atoms with Crippen LogP contribution in [0.5, 0.6) is 0 Å². The highest BCUT2D eigenvalue weighted by molar-refractivity contribution is 7.85. The van der Waals surface area contributed by atoms with E-state index in [1.54, 1.807) is 0 Å². The van der Waals surface area contributed by atoms with Gasteiger partial charge < -0.3 is 4.57 Å². The molecule has 3 aromatic rings. The van der Waals surface area contributed by atoms with Gasteiger partial charge in [-0.1, -0.05) is 18.2 Å². The summed E-state index contributed by atoms with van der Waals surface area (Å²) in [5, 5.41) is 0. The van der Waals surface area contributed by atoms with E-state index in [-0.39, 0.29) is 27.4 Å². The van der Waals surface area contributed by atoms with Crippen LogP contribution in [0.15, 0.2) is 41.4 Å². The molecule has 0 saturated heterocycles. The van der Waals surface area contributed by atoms with Crippen molar-refractivity contribution in [3.05, 3.63) is 42.1 Å². The van der Waals surface area contributed by atoms with Gasteiger partial charge in [-0.2, -0.15) is 26.3 Å². The van der Waals surface area contributed by atoms with Crippen LogP contribution in [0.1, 0.15) is 5.56 Å². The van der Waals surface area contributed by atoms with Crippen LogP contribution in [0.2, 0.25) is 0 Å². The van der Waals surface area contributed by atoms with E-state index < -0.39 is 34.5 Å². The summed E-state index contributed by atoms with van der Waals surface area (Å²) in [6.45, 7) is 0. The van der Waals surface area contributed by atoms with E-state index in [1.165, 1.54) is 35.9 Å². The molecule has 4 nitrogen and oxygen atoms in total. The zero-order valence-corrected chi connectivity index (χ0v) is 14.4. The lowest BCUT2D eigenvalue weighted by molar-refractivity contribution is -0.137. The number of pyridine rings is 1. The van der Waals surface area contributed by atoms with E-state index in [9.17, 15) is 30.6 Å². The van der Waals surface area contributed by atoms with Crippen LogP contribution in [0.25, 0.3) is 22.6 Å². The summed E-state index contributed by atoms with van der Waals surface area (Å²) in [6.07, 6.45) is -8.58. The first kappa shape index (κ1) is 19.3. The van der Waals surface area contributed by atoms with Gasteiger partial charge in [-0.15, -0.1) is 0 Å². The summed E-state index contributed by atoms with van der Waals surface area (Å²) < 4.78 is 89.9. The van der Waals surface area contributed by atoms with E-state index in [2.05, 4.69) is 9.97 Å². The van der Waals surface area contributed by atoms with Gasteiger partial charge in [-0.25, -0.2) is 9.97 Å². The molecule has 0 aliphatic rings. The summed E-state index contributed by atoms with van der Waals surface area (Å²) in [5.41, 5.74) is -0.809. The topological polar surface area (TPSA) is 47.8 Å². The minimum atomic E-state index is -4.63. The molecule has 0 aliphatic carbocycles. The fourth-order valence-corrected chi connectivity index (χ4v) is 3.64. The summed E-state index contributed by atoms with van der Waals surface area (Å²) >= 11 is 0. The van der Waals surface area contributed by atoms with Gasteiger partial charge in [0.2, 0.25) is 0 Å². The molecule has 27 heavy (non-hydrogen) atoms. The summed E-state index contributed by atoms with van der Waals surface area (Å²) in [5.74, 6) is -1.47. The SMILES string of the molecule is Cn1c(-c2ccccc2S(=O)CC(F)(F)F)nc2cc(C(F)(F)F)cnc21. The van der Waals surface area contributed by atoms with Crippen molar-refractivity contribution in [1.82, 2.24) is 14.5 Å². The molecule has 1 atom stereocenters. The van der Waals surface area contributed by atoms with Crippen molar-refractivity contribution in [3.8, 4) is 11.4 Å². The van der Waals surface area contributed by atoms with Crippen molar-refractivity contribution in [2.24, 2.45) is 7.05 Å². The summed E-state index contributed by atoms with van der Waals surface area (Å²) in [7, 11) is -0.925. The molecule has 1 unspecified atom stereocenters. The number of hydrogen-bond donors (Lipinski definition) is 0. The van der Waals surface area contributed by atoms with Gasteiger partial charge in [0.1, 0.15) is 17.1 Å². The van der Waals surface area contributed by atoms with Crippen molar-refractivity contribution in [2.75, 3.05) is 5.75 Å². The Labute approximate surface area is 151 Å². The maximum atomic E-state index is 12.9. The molecule has 0 N–H and O–H groups in total. The minimum Gasteiger partial charge on any atom is -0.312 e. The molecule has 3 rings (SSSR count). The molecule has 144 valence electrons. The molecule has 0 saturated carbocycles. The van der Waals surface area contributed by atoms with Crippen LogP contribution in [0, 0.1) is 0 Å². The standard InChI is InChI=1S/C16H11F6N3OS/c1-25-13(24-11-6-9(16(20,21)22)7-23-14(11)25)10-4-2-3-5-12(10)27(26)8-15(17,18)19/h2-7H,8H2,1H3. The smallest absolute Gasteiger partial charge is 0.312 e. The van der Waals surface area contributed by atoms with Crippen molar-refractivity contribution in [3.63, 3.8) is 0 Å². The number of benzene rings is 1. The van der Waals surface area contributed by atoms with E-state index in [0.29, 0.717) is 6.20 Å². The first-order chi connectivity index (χ1) is 12.5. The number of rotatable bonds is 3. The minimum absolute atomic E-state index is 0.0706. The van der Waals surface area contributed by atoms with Gasteiger partial charge in [-0.3, -0.25) is 4.21 Å². The summed E-state index contributed by atoms with van der Waals surface area (Å²) in [4.78, 5) is 7.73. The van der Waals surface area contributed by atoms with E-state index in [0.717, 1.165) is 6.07 Å². The molecule has 1 aromatic carbocycles. The lowest BCUT2D eigenvalue weighted by atomic mass is 10.2. The number of nitrogens with zero attached hydrogens (tertiary/aromatic N) is 3. The average molecular weight is 407 g/mol. The Morgan fingerprint density at radius 2 is 1.78 bits per heavy atom. The fourth-order valence-electron chi connectivity index (χ4n) is 2.55. The highest BCUT2D eigenvalue weighted by Gasteiger charge is 2.33. The van der Waals surface area contributed by atoms with Crippen LogP contribution in [0.3, 0.4) is 0 Å². The molecule has 0 amide bonds.